The Morgan fingerprint density at radius 1 is 0.625 bits per heavy atom. The number of rotatable bonds is 4. The van der Waals surface area contributed by atoms with Gasteiger partial charge in [-0.2, -0.15) is 0 Å². The van der Waals surface area contributed by atoms with Gasteiger partial charge in [0.25, 0.3) is 11.8 Å². The van der Waals surface area contributed by atoms with E-state index in [-0.39, 0.29) is 11.8 Å². The molecule has 4 aromatic rings. The molecule has 0 atom stereocenters. The average molecular weight is 532 g/mol. The standard InChI is InChI=1S/C29H22B2N2O7/c34-28(18-1-3-20-14-38-30(36)24(20)10-18)32-22-7-5-16-9-17-6-8-23(13-27(17)40-26(16)12-22)33-29(35)19-2-4-21-15-39-31(37)25(21)11-19/h1-8,10-13,36-37H,9,14-15H2,(H,32,34)(H,33,35). The van der Waals surface area contributed by atoms with E-state index in [4.69, 9.17) is 14.0 Å². The first-order chi connectivity index (χ1) is 19.4. The zero-order chi connectivity index (χ0) is 27.4. The molecule has 0 spiro atoms. The largest absolute Gasteiger partial charge is 0.491 e. The molecule has 4 N–H and O–H groups in total. The maximum absolute atomic E-state index is 12.9. The van der Waals surface area contributed by atoms with Gasteiger partial charge in [0.15, 0.2) is 0 Å². The lowest BCUT2D eigenvalue weighted by Crippen LogP contribution is -2.29. The summed E-state index contributed by atoms with van der Waals surface area (Å²) in [4.78, 5) is 25.8. The Morgan fingerprint density at radius 2 is 1.07 bits per heavy atom. The van der Waals surface area contributed by atoms with Crippen LogP contribution in [0.25, 0.3) is 0 Å². The van der Waals surface area contributed by atoms with Crippen LogP contribution >= 0.6 is 0 Å². The highest BCUT2D eigenvalue weighted by atomic mass is 16.5. The fourth-order valence-corrected chi connectivity index (χ4v) is 5.19. The molecule has 0 radical (unpaired) electrons. The Hall–Kier alpha value is -4.41. The Balaban J connectivity index is 1.06. The van der Waals surface area contributed by atoms with Crippen molar-refractivity contribution in [2.24, 2.45) is 0 Å². The van der Waals surface area contributed by atoms with Crippen LogP contribution < -0.4 is 26.3 Å². The van der Waals surface area contributed by atoms with E-state index in [1.165, 1.54) is 0 Å². The van der Waals surface area contributed by atoms with Crippen LogP contribution in [0.1, 0.15) is 43.0 Å². The van der Waals surface area contributed by atoms with E-state index < -0.39 is 14.2 Å². The average Bonchev–Trinajstić information content (AvgIpc) is 3.53. The number of hydrogen-bond donors (Lipinski definition) is 4. The molecule has 11 heteroatoms. The third-order valence-electron chi connectivity index (χ3n) is 7.39. The van der Waals surface area contributed by atoms with Crippen molar-refractivity contribution >= 4 is 48.4 Å². The monoisotopic (exact) mass is 532 g/mol. The minimum absolute atomic E-state index is 0.311. The minimum Gasteiger partial charge on any atom is -0.457 e. The number of carbonyl (C=O) groups is 2. The van der Waals surface area contributed by atoms with Gasteiger partial charge >= 0.3 is 14.2 Å². The van der Waals surface area contributed by atoms with E-state index in [1.54, 1.807) is 48.5 Å². The normalized spacial score (nSPS) is 14.6. The summed E-state index contributed by atoms with van der Waals surface area (Å²) in [6.45, 7) is 0.641. The van der Waals surface area contributed by atoms with Gasteiger partial charge in [0, 0.05) is 41.1 Å². The van der Waals surface area contributed by atoms with Gasteiger partial charge in [0.1, 0.15) is 11.5 Å². The van der Waals surface area contributed by atoms with Gasteiger partial charge in [-0.15, -0.1) is 0 Å². The molecule has 3 aliphatic rings. The number of amides is 2. The number of fused-ring (bicyclic) bond motifs is 4. The van der Waals surface area contributed by atoms with Crippen molar-refractivity contribution in [3.8, 4) is 11.5 Å². The summed E-state index contributed by atoms with van der Waals surface area (Å²) < 4.78 is 16.6. The van der Waals surface area contributed by atoms with Crippen LogP contribution in [0.5, 0.6) is 11.5 Å². The van der Waals surface area contributed by atoms with Crippen LogP contribution in [-0.4, -0.2) is 36.1 Å². The highest BCUT2D eigenvalue weighted by Gasteiger charge is 2.29. The first-order valence-electron chi connectivity index (χ1n) is 12.8. The summed E-state index contributed by atoms with van der Waals surface area (Å²) in [6, 6.07) is 21.3. The molecule has 2 amide bonds. The molecule has 9 nitrogen and oxygen atoms in total. The number of anilines is 2. The van der Waals surface area contributed by atoms with Crippen LogP contribution in [0.15, 0.2) is 72.8 Å². The molecule has 0 bridgehead atoms. The maximum Gasteiger partial charge on any atom is 0.491 e. The lowest BCUT2D eigenvalue weighted by atomic mass is 9.79. The fraction of sp³-hybridized carbons (Fsp3) is 0.103. The fourth-order valence-electron chi connectivity index (χ4n) is 5.19. The van der Waals surface area contributed by atoms with E-state index in [0.29, 0.717) is 64.6 Å². The predicted molar refractivity (Wildman–Crippen MR) is 149 cm³/mol. The summed E-state index contributed by atoms with van der Waals surface area (Å²) in [5.74, 6) is 0.598. The van der Waals surface area contributed by atoms with Crippen LogP contribution in [0.4, 0.5) is 11.4 Å². The van der Waals surface area contributed by atoms with Gasteiger partial charge in [0.2, 0.25) is 0 Å². The number of carbonyl (C=O) groups excluding carboxylic acids is 2. The molecule has 0 saturated carbocycles. The van der Waals surface area contributed by atoms with Crippen molar-refractivity contribution in [2.75, 3.05) is 10.6 Å². The molecule has 3 heterocycles. The summed E-state index contributed by atoms with van der Waals surface area (Å²) in [5.41, 5.74) is 6.83. The second-order valence-electron chi connectivity index (χ2n) is 9.99. The van der Waals surface area contributed by atoms with Crippen LogP contribution in [-0.2, 0) is 28.9 Å². The second kappa shape index (κ2) is 9.65. The zero-order valence-corrected chi connectivity index (χ0v) is 21.1. The zero-order valence-electron chi connectivity index (χ0n) is 21.1. The van der Waals surface area contributed by atoms with Gasteiger partial charge in [-0.05, 0) is 69.6 Å². The Labute approximate surface area is 230 Å². The lowest BCUT2D eigenvalue weighted by molar-refractivity contribution is 0.101. The van der Waals surface area contributed by atoms with Crippen molar-refractivity contribution in [3.05, 3.63) is 106 Å². The van der Waals surface area contributed by atoms with Gasteiger partial charge in [-0.1, -0.05) is 24.3 Å². The van der Waals surface area contributed by atoms with Crippen molar-refractivity contribution in [1.29, 1.82) is 0 Å². The first-order valence-corrected chi connectivity index (χ1v) is 12.8. The molecule has 0 saturated heterocycles. The maximum atomic E-state index is 12.9. The summed E-state index contributed by atoms with van der Waals surface area (Å²) in [5, 5.41) is 25.7. The van der Waals surface area contributed by atoms with Gasteiger partial charge in [0.05, 0.1) is 13.2 Å². The highest BCUT2D eigenvalue weighted by Crippen LogP contribution is 2.39. The number of ether oxygens (including phenoxy) is 1. The SMILES string of the molecule is O=C(Nc1ccc2c(c1)Oc1cc(NC(=O)c3ccc4c(c3)B(O)OC4)ccc1C2)c1ccc2c(c1)B(O)OC2. The molecule has 3 aliphatic heterocycles. The predicted octanol–water partition coefficient (Wildman–Crippen LogP) is 2.32. The molecule has 0 unspecified atom stereocenters. The summed E-state index contributed by atoms with van der Waals surface area (Å²) in [7, 11) is -2.05. The minimum atomic E-state index is -1.02. The van der Waals surface area contributed by atoms with E-state index >= 15 is 0 Å². The topological polar surface area (TPSA) is 126 Å². The van der Waals surface area contributed by atoms with Crippen molar-refractivity contribution in [2.45, 2.75) is 19.6 Å². The molecule has 0 fully saturated rings. The van der Waals surface area contributed by atoms with E-state index in [9.17, 15) is 19.6 Å². The van der Waals surface area contributed by atoms with E-state index in [2.05, 4.69) is 10.6 Å². The Morgan fingerprint density at radius 3 is 1.55 bits per heavy atom. The quantitative estimate of drug-likeness (QED) is 0.262. The van der Waals surface area contributed by atoms with Crippen molar-refractivity contribution in [3.63, 3.8) is 0 Å². The number of nitrogens with one attached hydrogen (secondary N) is 2. The summed E-state index contributed by atoms with van der Waals surface area (Å²) in [6.07, 6.45) is 0.637. The summed E-state index contributed by atoms with van der Waals surface area (Å²) >= 11 is 0. The van der Waals surface area contributed by atoms with Gasteiger partial charge in [-0.25, -0.2) is 0 Å². The first kappa shape index (κ1) is 24.6. The second-order valence-corrected chi connectivity index (χ2v) is 9.99. The molecule has 0 aliphatic carbocycles. The lowest BCUT2D eigenvalue weighted by Gasteiger charge is -2.22. The smallest absolute Gasteiger partial charge is 0.457 e. The molecular weight excluding hydrogens is 510 g/mol. The van der Waals surface area contributed by atoms with E-state index in [0.717, 1.165) is 22.3 Å². The van der Waals surface area contributed by atoms with E-state index in [1.807, 2.05) is 24.3 Å². The molecule has 0 aromatic heterocycles. The third-order valence-corrected chi connectivity index (χ3v) is 7.39. The molecule has 7 rings (SSSR count). The Kier molecular flexibility index (Phi) is 5.94. The third kappa shape index (κ3) is 4.44. The van der Waals surface area contributed by atoms with Crippen LogP contribution in [0.2, 0.25) is 0 Å². The molecule has 196 valence electrons. The molecule has 40 heavy (non-hydrogen) atoms. The molecule has 4 aromatic carbocycles. The van der Waals surface area contributed by atoms with Crippen LogP contribution in [0.3, 0.4) is 0 Å². The Bertz CT molecular complexity index is 1590. The van der Waals surface area contributed by atoms with Crippen molar-refractivity contribution in [1.82, 2.24) is 0 Å². The van der Waals surface area contributed by atoms with Crippen LogP contribution in [0, 0.1) is 0 Å². The van der Waals surface area contributed by atoms with Gasteiger partial charge < -0.3 is 34.7 Å². The van der Waals surface area contributed by atoms with Gasteiger partial charge in [-0.3, -0.25) is 9.59 Å². The molecular formula is C29H22B2N2O7. The van der Waals surface area contributed by atoms with Crippen molar-refractivity contribution < 1.29 is 33.7 Å². The number of hydrogen-bond acceptors (Lipinski definition) is 7. The number of benzene rings is 4. The highest BCUT2D eigenvalue weighted by molar-refractivity contribution is 6.62.